The third-order valence-electron chi connectivity index (χ3n) is 2.16. The highest BCUT2D eigenvalue weighted by molar-refractivity contribution is 7.10. The zero-order valence-corrected chi connectivity index (χ0v) is 11.0. The van der Waals surface area contributed by atoms with Crippen molar-refractivity contribution in [1.82, 2.24) is 4.90 Å². The Bertz CT molecular complexity index is 274. The summed E-state index contributed by atoms with van der Waals surface area (Å²) in [5, 5.41) is 2.08. The Morgan fingerprint density at radius 3 is 2.60 bits per heavy atom. The van der Waals surface area contributed by atoms with Crippen molar-refractivity contribution < 1.29 is 0 Å². The second-order valence-corrected chi connectivity index (χ2v) is 6.36. The van der Waals surface area contributed by atoms with Crippen LogP contribution >= 0.6 is 11.3 Å². The molecular weight excluding hydrogens is 204 g/mol. The number of hydrogen-bond acceptors (Lipinski definition) is 3. The molecule has 0 radical (unpaired) electrons. The van der Waals surface area contributed by atoms with Gasteiger partial charge in [-0.3, -0.25) is 0 Å². The summed E-state index contributed by atoms with van der Waals surface area (Å²) < 4.78 is 0. The molecule has 86 valence electrons. The van der Waals surface area contributed by atoms with Crippen LogP contribution in [-0.2, 0) is 0 Å². The lowest BCUT2D eigenvalue weighted by Gasteiger charge is -2.28. The van der Waals surface area contributed by atoms with Crippen molar-refractivity contribution >= 4 is 11.3 Å². The highest BCUT2D eigenvalue weighted by Gasteiger charge is 2.16. The van der Waals surface area contributed by atoms with Crippen molar-refractivity contribution in [2.24, 2.45) is 11.1 Å². The van der Waals surface area contributed by atoms with E-state index in [0.29, 0.717) is 5.41 Å². The maximum Gasteiger partial charge on any atom is 0.0518 e. The fourth-order valence-corrected chi connectivity index (χ4v) is 2.52. The number of likely N-dealkylation sites (N-methyl/N-ethyl adjacent to an activating group) is 1. The molecule has 0 aliphatic carbocycles. The van der Waals surface area contributed by atoms with Gasteiger partial charge in [0.15, 0.2) is 0 Å². The first kappa shape index (κ1) is 12.7. The maximum absolute atomic E-state index is 6.13. The lowest BCUT2D eigenvalue weighted by Crippen LogP contribution is -2.34. The van der Waals surface area contributed by atoms with Crippen molar-refractivity contribution in [3.63, 3.8) is 0 Å². The first-order valence-corrected chi connectivity index (χ1v) is 6.24. The third kappa shape index (κ3) is 4.78. The first-order chi connectivity index (χ1) is 6.88. The molecule has 1 atom stereocenters. The standard InChI is InChI=1S/C12H22N2S/c1-12(2,3)9-14(4)8-10(13)11-6-5-7-15-11/h5-7,10H,8-9,13H2,1-4H3. The van der Waals surface area contributed by atoms with Crippen LogP contribution in [0.25, 0.3) is 0 Å². The van der Waals surface area contributed by atoms with Crippen molar-refractivity contribution in [2.75, 3.05) is 20.1 Å². The minimum atomic E-state index is 0.150. The molecule has 2 N–H and O–H groups in total. The van der Waals surface area contributed by atoms with Crippen LogP contribution in [0.15, 0.2) is 17.5 Å². The molecule has 1 unspecified atom stereocenters. The zero-order chi connectivity index (χ0) is 11.5. The second-order valence-electron chi connectivity index (χ2n) is 5.38. The molecule has 0 saturated heterocycles. The predicted molar refractivity (Wildman–Crippen MR) is 68.2 cm³/mol. The van der Waals surface area contributed by atoms with E-state index >= 15 is 0 Å². The highest BCUT2D eigenvalue weighted by Crippen LogP contribution is 2.19. The van der Waals surface area contributed by atoms with Gasteiger partial charge < -0.3 is 10.6 Å². The summed E-state index contributed by atoms with van der Waals surface area (Å²) in [4.78, 5) is 3.58. The monoisotopic (exact) mass is 226 g/mol. The van der Waals surface area contributed by atoms with Crippen LogP contribution in [0.3, 0.4) is 0 Å². The summed E-state index contributed by atoms with van der Waals surface area (Å²) in [6.07, 6.45) is 0. The zero-order valence-electron chi connectivity index (χ0n) is 10.2. The molecule has 0 aliphatic heterocycles. The van der Waals surface area contributed by atoms with Gasteiger partial charge >= 0.3 is 0 Å². The van der Waals surface area contributed by atoms with Gasteiger partial charge in [-0.2, -0.15) is 0 Å². The van der Waals surface area contributed by atoms with E-state index in [4.69, 9.17) is 5.73 Å². The molecule has 0 fully saturated rings. The van der Waals surface area contributed by atoms with Gasteiger partial charge in [0, 0.05) is 18.0 Å². The number of thiophene rings is 1. The fraction of sp³-hybridized carbons (Fsp3) is 0.667. The van der Waals surface area contributed by atoms with Crippen LogP contribution in [0.5, 0.6) is 0 Å². The molecule has 0 saturated carbocycles. The molecule has 0 aromatic carbocycles. The minimum absolute atomic E-state index is 0.150. The normalized spacial score (nSPS) is 14.5. The van der Waals surface area contributed by atoms with Gasteiger partial charge in [-0.25, -0.2) is 0 Å². The van der Waals surface area contributed by atoms with E-state index in [0.717, 1.165) is 13.1 Å². The molecule has 0 spiro atoms. The fourth-order valence-electron chi connectivity index (χ4n) is 1.80. The van der Waals surface area contributed by atoms with Crippen LogP contribution in [0.1, 0.15) is 31.7 Å². The SMILES string of the molecule is CN(CC(N)c1cccs1)CC(C)(C)C. The Hall–Kier alpha value is -0.380. The predicted octanol–water partition coefficient (Wildman–Crippen LogP) is 2.73. The van der Waals surface area contributed by atoms with Crippen molar-refractivity contribution in [1.29, 1.82) is 0 Å². The molecule has 2 nitrogen and oxygen atoms in total. The Morgan fingerprint density at radius 1 is 1.47 bits per heavy atom. The minimum Gasteiger partial charge on any atom is -0.322 e. The average Bonchev–Trinajstić information content (AvgIpc) is 2.50. The van der Waals surface area contributed by atoms with E-state index in [1.807, 2.05) is 0 Å². The topological polar surface area (TPSA) is 29.3 Å². The van der Waals surface area contributed by atoms with Gasteiger partial charge in [0.25, 0.3) is 0 Å². The Labute approximate surface area is 97.1 Å². The first-order valence-electron chi connectivity index (χ1n) is 5.36. The summed E-state index contributed by atoms with van der Waals surface area (Å²) in [6, 6.07) is 4.32. The lowest BCUT2D eigenvalue weighted by atomic mass is 9.96. The molecule has 1 aromatic heterocycles. The van der Waals surface area contributed by atoms with E-state index in [9.17, 15) is 0 Å². The molecule has 0 amide bonds. The van der Waals surface area contributed by atoms with Gasteiger partial charge in [-0.1, -0.05) is 26.8 Å². The molecule has 3 heteroatoms. The van der Waals surface area contributed by atoms with Crippen LogP contribution in [0.4, 0.5) is 0 Å². The van der Waals surface area contributed by atoms with Crippen molar-refractivity contribution in [2.45, 2.75) is 26.8 Å². The van der Waals surface area contributed by atoms with E-state index in [1.54, 1.807) is 11.3 Å². The quantitative estimate of drug-likeness (QED) is 0.855. The highest BCUT2D eigenvalue weighted by atomic mass is 32.1. The van der Waals surface area contributed by atoms with E-state index < -0.39 is 0 Å². The smallest absolute Gasteiger partial charge is 0.0518 e. The maximum atomic E-state index is 6.13. The van der Waals surface area contributed by atoms with Gasteiger partial charge in [0.2, 0.25) is 0 Å². The van der Waals surface area contributed by atoms with E-state index in [2.05, 4.69) is 50.2 Å². The van der Waals surface area contributed by atoms with Crippen molar-refractivity contribution in [3.8, 4) is 0 Å². The number of rotatable bonds is 4. The third-order valence-corrected chi connectivity index (χ3v) is 3.17. The summed E-state index contributed by atoms with van der Waals surface area (Å²) in [5.41, 5.74) is 6.47. The van der Waals surface area contributed by atoms with Crippen LogP contribution in [0.2, 0.25) is 0 Å². The molecule has 1 aromatic rings. The van der Waals surface area contributed by atoms with E-state index in [1.165, 1.54) is 4.88 Å². The summed E-state index contributed by atoms with van der Waals surface area (Å²) in [7, 11) is 2.14. The summed E-state index contributed by atoms with van der Waals surface area (Å²) >= 11 is 1.74. The van der Waals surface area contributed by atoms with Gasteiger partial charge in [-0.05, 0) is 23.9 Å². The van der Waals surface area contributed by atoms with E-state index in [-0.39, 0.29) is 6.04 Å². The molecule has 15 heavy (non-hydrogen) atoms. The number of nitrogens with two attached hydrogens (primary N) is 1. The van der Waals surface area contributed by atoms with Crippen LogP contribution < -0.4 is 5.73 Å². The average molecular weight is 226 g/mol. The molecule has 0 aliphatic rings. The van der Waals surface area contributed by atoms with Gasteiger partial charge in [-0.15, -0.1) is 11.3 Å². The Balaban J connectivity index is 2.42. The van der Waals surface area contributed by atoms with Crippen LogP contribution in [-0.4, -0.2) is 25.0 Å². The Morgan fingerprint density at radius 2 is 2.13 bits per heavy atom. The number of hydrogen-bond donors (Lipinski definition) is 1. The summed E-state index contributed by atoms with van der Waals surface area (Å²) in [6.45, 7) is 8.75. The van der Waals surface area contributed by atoms with Crippen LogP contribution in [0, 0.1) is 5.41 Å². The lowest BCUT2D eigenvalue weighted by molar-refractivity contribution is 0.218. The largest absolute Gasteiger partial charge is 0.322 e. The molecule has 1 rings (SSSR count). The molecular formula is C12H22N2S. The summed E-state index contributed by atoms with van der Waals surface area (Å²) in [5.74, 6) is 0. The van der Waals surface area contributed by atoms with Crippen molar-refractivity contribution in [3.05, 3.63) is 22.4 Å². The molecule has 0 bridgehead atoms. The van der Waals surface area contributed by atoms with Gasteiger partial charge in [0.1, 0.15) is 0 Å². The molecule has 1 heterocycles. The number of nitrogens with zero attached hydrogens (tertiary/aromatic N) is 1. The second kappa shape index (κ2) is 5.10. The van der Waals surface area contributed by atoms with Gasteiger partial charge in [0.05, 0.1) is 6.04 Å². The Kier molecular flexibility index (Phi) is 4.32.